The van der Waals surface area contributed by atoms with E-state index in [-0.39, 0.29) is 0 Å². The molecule has 1 aromatic carbocycles. The van der Waals surface area contributed by atoms with Crippen LogP contribution in [-0.2, 0) is 0 Å². The van der Waals surface area contributed by atoms with E-state index in [1.165, 1.54) is 5.56 Å². The fourth-order valence-electron chi connectivity index (χ4n) is 1.28. The zero-order valence-electron chi connectivity index (χ0n) is 10.4. The van der Waals surface area contributed by atoms with E-state index in [2.05, 4.69) is 12.2 Å². The van der Waals surface area contributed by atoms with Crippen LogP contribution in [0.25, 0.3) is 0 Å². The van der Waals surface area contributed by atoms with E-state index >= 15 is 0 Å². The van der Waals surface area contributed by atoms with Crippen LogP contribution in [0.5, 0.6) is 5.75 Å². The van der Waals surface area contributed by atoms with Crippen molar-refractivity contribution in [3.8, 4) is 5.75 Å². The van der Waals surface area contributed by atoms with Gasteiger partial charge in [-0.15, -0.1) is 0 Å². The molecule has 16 heavy (non-hydrogen) atoms. The first-order valence-corrected chi connectivity index (χ1v) is 5.55. The molecule has 0 amide bonds. The molecule has 1 atom stereocenters. The first kappa shape index (κ1) is 13.0. The quantitative estimate of drug-likeness (QED) is 0.803. The monoisotopic (exact) mass is 223 g/mol. The van der Waals surface area contributed by atoms with Crippen molar-refractivity contribution in [3.05, 3.63) is 29.8 Å². The number of rotatable bonds is 5. The smallest absolute Gasteiger partial charge is 0.119 e. The summed E-state index contributed by atoms with van der Waals surface area (Å²) < 4.78 is 5.47. The molecule has 0 heterocycles. The molecule has 0 saturated carbocycles. The molecule has 0 saturated heterocycles. The second-order valence-corrected chi connectivity index (χ2v) is 4.68. The lowest BCUT2D eigenvalue weighted by molar-refractivity contribution is 0.0285. The average molecular weight is 223 g/mol. The zero-order valence-corrected chi connectivity index (χ0v) is 10.4. The van der Waals surface area contributed by atoms with Crippen molar-refractivity contribution < 1.29 is 9.84 Å². The third-order valence-corrected chi connectivity index (χ3v) is 2.41. The second kappa shape index (κ2) is 5.32. The Bertz CT molecular complexity index is 314. The number of aliphatic hydroxyl groups is 1. The van der Waals surface area contributed by atoms with Crippen LogP contribution in [0, 0.1) is 0 Å². The Morgan fingerprint density at radius 3 is 2.31 bits per heavy atom. The Balaban J connectivity index is 2.58. The van der Waals surface area contributed by atoms with Crippen molar-refractivity contribution in [2.24, 2.45) is 0 Å². The standard InChI is InChI=1S/C13H21NO2/c1-10(14-4)11-5-7-12(8-6-11)16-9-13(2,3)15/h5-8,10,14-15H,9H2,1-4H3. The molecule has 0 aliphatic rings. The van der Waals surface area contributed by atoms with Gasteiger partial charge in [-0.25, -0.2) is 0 Å². The highest BCUT2D eigenvalue weighted by molar-refractivity contribution is 5.28. The molecular weight excluding hydrogens is 202 g/mol. The van der Waals surface area contributed by atoms with Crippen LogP contribution in [-0.4, -0.2) is 24.4 Å². The summed E-state index contributed by atoms with van der Waals surface area (Å²) in [6, 6.07) is 8.24. The van der Waals surface area contributed by atoms with Gasteiger partial charge in [0.05, 0.1) is 5.60 Å². The molecule has 0 aliphatic heterocycles. The first-order valence-electron chi connectivity index (χ1n) is 5.55. The van der Waals surface area contributed by atoms with Crippen molar-refractivity contribution in [3.63, 3.8) is 0 Å². The van der Waals surface area contributed by atoms with Crippen molar-refractivity contribution >= 4 is 0 Å². The molecule has 0 radical (unpaired) electrons. The predicted molar refractivity (Wildman–Crippen MR) is 65.7 cm³/mol. The minimum absolute atomic E-state index is 0.300. The summed E-state index contributed by atoms with van der Waals surface area (Å²) in [7, 11) is 1.93. The summed E-state index contributed by atoms with van der Waals surface area (Å²) in [5.74, 6) is 0.786. The van der Waals surface area contributed by atoms with Crippen LogP contribution in [0.15, 0.2) is 24.3 Å². The Morgan fingerprint density at radius 2 is 1.88 bits per heavy atom. The maximum Gasteiger partial charge on any atom is 0.119 e. The third-order valence-electron chi connectivity index (χ3n) is 2.41. The van der Waals surface area contributed by atoms with Gasteiger partial charge in [-0.05, 0) is 45.5 Å². The highest BCUT2D eigenvalue weighted by Gasteiger charge is 2.13. The van der Waals surface area contributed by atoms with E-state index in [0.717, 1.165) is 5.75 Å². The van der Waals surface area contributed by atoms with Gasteiger partial charge in [0.2, 0.25) is 0 Å². The Kier molecular flexibility index (Phi) is 4.33. The van der Waals surface area contributed by atoms with Gasteiger partial charge in [0.25, 0.3) is 0 Å². The van der Waals surface area contributed by atoms with E-state index in [0.29, 0.717) is 12.6 Å². The van der Waals surface area contributed by atoms with E-state index < -0.39 is 5.60 Å². The van der Waals surface area contributed by atoms with E-state index in [9.17, 15) is 5.11 Å². The fraction of sp³-hybridized carbons (Fsp3) is 0.538. The fourth-order valence-corrected chi connectivity index (χ4v) is 1.28. The number of hydrogen-bond acceptors (Lipinski definition) is 3. The number of hydrogen-bond donors (Lipinski definition) is 2. The van der Waals surface area contributed by atoms with Crippen LogP contribution in [0.2, 0.25) is 0 Å². The normalized spacial score (nSPS) is 13.6. The first-order chi connectivity index (χ1) is 7.42. The molecule has 0 aromatic heterocycles. The minimum atomic E-state index is -0.795. The molecule has 1 aromatic rings. The minimum Gasteiger partial charge on any atom is -0.491 e. The summed E-state index contributed by atoms with van der Waals surface area (Å²) in [4.78, 5) is 0. The lowest BCUT2D eigenvalue weighted by atomic mass is 10.1. The van der Waals surface area contributed by atoms with Gasteiger partial charge in [0.1, 0.15) is 12.4 Å². The Morgan fingerprint density at radius 1 is 1.31 bits per heavy atom. The maximum atomic E-state index is 9.52. The van der Waals surface area contributed by atoms with Gasteiger partial charge in [-0.3, -0.25) is 0 Å². The van der Waals surface area contributed by atoms with Gasteiger partial charge in [-0.1, -0.05) is 12.1 Å². The number of nitrogens with one attached hydrogen (secondary N) is 1. The third kappa shape index (κ3) is 4.21. The molecule has 90 valence electrons. The summed E-state index contributed by atoms with van der Waals surface area (Å²) in [5, 5.41) is 12.7. The lowest BCUT2D eigenvalue weighted by Gasteiger charge is -2.18. The average Bonchev–Trinajstić information content (AvgIpc) is 2.25. The second-order valence-electron chi connectivity index (χ2n) is 4.68. The lowest BCUT2D eigenvalue weighted by Crippen LogP contribution is -2.27. The Hall–Kier alpha value is -1.06. The molecule has 0 spiro atoms. The molecule has 1 rings (SSSR count). The van der Waals surface area contributed by atoms with Crippen molar-refractivity contribution in [1.29, 1.82) is 0 Å². The van der Waals surface area contributed by atoms with Crippen LogP contribution in [0.3, 0.4) is 0 Å². The van der Waals surface area contributed by atoms with Gasteiger partial charge in [-0.2, -0.15) is 0 Å². The summed E-state index contributed by atoms with van der Waals surface area (Å²) in [6.07, 6.45) is 0. The van der Waals surface area contributed by atoms with Gasteiger partial charge < -0.3 is 15.2 Å². The number of ether oxygens (including phenoxy) is 1. The molecule has 1 unspecified atom stereocenters. The van der Waals surface area contributed by atoms with Crippen molar-refractivity contribution in [2.45, 2.75) is 32.4 Å². The van der Waals surface area contributed by atoms with Crippen molar-refractivity contribution in [1.82, 2.24) is 5.32 Å². The summed E-state index contributed by atoms with van der Waals surface area (Å²) >= 11 is 0. The molecule has 2 N–H and O–H groups in total. The summed E-state index contributed by atoms with van der Waals surface area (Å²) in [6.45, 7) is 5.86. The largest absolute Gasteiger partial charge is 0.491 e. The van der Waals surface area contributed by atoms with E-state index in [4.69, 9.17) is 4.74 Å². The highest BCUT2D eigenvalue weighted by atomic mass is 16.5. The zero-order chi connectivity index (χ0) is 12.2. The Labute approximate surface area is 97.4 Å². The van der Waals surface area contributed by atoms with E-state index in [1.807, 2.05) is 31.3 Å². The van der Waals surface area contributed by atoms with Crippen LogP contribution >= 0.6 is 0 Å². The molecule has 3 nitrogen and oxygen atoms in total. The molecule has 0 fully saturated rings. The van der Waals surface area contributed by atoms with Crippen molar-refractivity contribution in [2.75, 3.05) is 13.7 Å². The van der Waals surface area contributed by atoms with Crippen LogP contribution < -0.4 is 10.1 Å². The van der Waals surface area contributed by atoms with Gasteiger partial charge >= 0.3 is 0 Å². The SMILES string of the molecule is CNC(C)c1ccc(OCC(C)(C)O)cc1. The van der Waals surface area contributed by atoms with Crippen LogP contribution in [0.1, 0.15) is 32.4 Å². The summed E-state index contributed by atoms with van der Waals surface area (Å²) in [5.41, 5.74) is 0.426. The molecule has 0 bridgehead atoms. The van der Waals surface area contributed by atoms with Gasteiger partial charge in [0.15, 0.2) is 0 Å². The van der Waals surface area contributed by atoms with Gasteiger partial charge in [0, 0.05) is 6.04 Å². The van der Waals surface area contributed by atoms with Crippen LogP contribution in [0.4, 0.5) is 0 Å². The highest BCUT2D eigenvalue weighted by Crippen LogP contribution is 2.18. The molecule has 3 heteroatoms. The molecule has 0 aliphatic carbocycles. The molecular formula is C13H21NO2. The number of benzene rings is 1. The maximum absolute atomic E-state index is 9.52. The topological polar surface area (TPSA) is 41.5 Å². The van der Waals surface area contributed by atoms with E-state index in [1.54, 1.807) is 13.8 Å². The predicted octanol–water partition coefficient (Wildman–Crippen LogP) is 2.12.